The SMILES string of the molecule is O=C(O)c1c(O)c(Cc2ccc(Cl)cc2)nc2c1ccc1ccccc12. The molecule has 0 bridgehead atoms. The first-order valence-electron chi connectivity index (χ1n) is 8.05. The smallest absolute Gasteiger partial charge is 0.340 e. The van der Waals surface area contributed by atoms with E-state index in [4.69, 9.17) is 11.6 Å². The van der Waals surface area contributed by atoms with Gasteiger partial charge in [0.1, 0.15) is 5.56 Å². The lowest BCUT2D eigenvalue weighted by molar-refractivity contribution is 0.0695. The minimum Gasteiger partial charge on any atom is -0.505 e. The van der Waals surface area contributed by atoms with E-state index in [1.807, 2.05) is 42.5 Å². The molecule has 0 amide bonds. The van der Waals surface area contributed by atoms with Crippen LogP contribution in [-0.2, 0) is 6.42 Å². The standard InChI is InChI=1S/C21H14ClNO3/c22-14-8-5-12(6-9-14)11-17-20(24)18(21(25)26)16-10-7-13-3-1-2-4-15(13)19(16)23-17/h1-10,24H,11H2,(H,25,26). The Hall–Kier alpha value is -3.11. The van der Waals surface area contributed by atoms with Crippen LogP contribution in [0.2, 0.25) is 5.02 Å². The number of fused-ring (bicyclic) bond motifs is 3. The maximum Gasteiger partial charge on any atom is 0.340 e. The van der Waals surface area contributed by atoms with Crippen molar-refractivity contribution in [3.63, 3.8) is 0 Å². The molecular weight excluding hydrogens is 350 g/mol. The number of benzene rings is 3. The molecule has 1 heterocycles. The van der Waals surface area contributed by atoms with E-state index < -0.39 is 5.97 Å². The van der Waals surface area contributed by atoms with Gasteiger partial charge in [-0.2, -0.15) is 0 Å². The molecule has 0 aliphatic heterocycles. The fourth-order valence-corrected chi connectivity index (χ4v) is 3.30. The average molecular weight is 364 g/mol. The van der Waals surface area contributed by atoms with Crippen molar-refractivity contribution in [3.8, 4) is 5.75 Å². The number of pyridine rings is 1. The van der Waals surface area contributed by atoms with Crippen molar-refractivity contribution in [2.75, 3.05) is 0 Å². The van der Waals surface area contributed by atoms with E-state index >= 15 is 0 Å². The summed E-state index contributed by atoms with van der Waals surface area (Å²) in [7, 11) is 0. The first-order valence-corrected chi connectivity index (χ1v) is 8.43. The molecule has 0 aliphatic rings. The molecule has 4 nitrogen and oxygen atoms in total. The Bertz CT molecular complexity index is 1150. The summed E-state index contributed by atoms with van der Waals surface area (Å²) in [5.74, 6) is -1.47. The molecule has 128 valence electrons. The molecule has 0 radical (unpaired) electrons. The number of nitrogens with zero attached hydrogens (tertiary/aromatic N) is 1. The molecule has 0 spiro atoms. The first-order chi connectivity index (χ1) is 12.5. The molecule has 5 heteroatoms. The topological polar surface area (TPSA) is 70.4 Å². The number of aromatic nitrogens is 1. The fourth-order valence-electron chi connectivity index (χ4n) is 3.17. The molecule has 0 saturated heterocycles. The summed E-state index contributed by atoms with van der Waals surface area (Å²) in [5, 5.41) is 23.1. The zero-order chi connectivity index (χ0) is 18.3. The molecule has 0 fully saturated rings. The van der Waals surface area contributed by atoms with Gasteiger partial charge in [-0.05, 0) is 23.1 Å². The lowest BCUT2D eigenvalue weighted by Crippen LogP contribution is -2.04. The van der Waals surface area contributed by atoms with Crippen LogP contribution in [0.5, 0.6) is 5.75 Å². The lowest BCUT2D eigenvalue weighted by atomic mass is 9.99. The molecule has 2 N–H and O–H groups in total. The number of hydrogen-bond donors (Lipinski definition) is 2. The van der Waals surface area contributed by atoms with Crippen LogP contribution in [0, 0.1) is 0 Å². The van der Waals surface area contributed by atoms with Crippen molar-refractivity contribution >= 4 is 39.2 Å². The second-order valence-electron chi connectivity index (χ2n) is 6.07. The van der Waals surface area contributed by atoms with E-state index in [1.54, 1.807) is 18.2 Å². The third kappa shape index (κ3) is 2.74. The van der Waals surface area contributed by atoms with E-state index in [1.165, 1.54) is 0 Å². The van der Waals surface area contributed by atoms with Crippen LogP contribution in [0.3, 0.4) is 0 Å². The van der Waals surface area contributed by atoms with Crippen molar-refractivity contribution in [2.24, 2.45) is 0 Å². The van der Waals surface area contributed by atoms with Crippen molar-refractivity contribution in [1.82, 2.24) is 4.98 Å². The van der Waals surface area contributed by atoms with E-state index in [2.05, 4.69) is 4.98 Å². The summed E-state index contributed by atoms with van der Waals surface area (Å²) >= 11 is 5.91. The van der Waals surface area contributed by atoms with Gasteiger partial charge in [-0.3, -0.25) is 0 Å². The molecule has 0 saturated carbocycles. The maximum atomic E-state index is 11.8. The second kappa shape index (κ2) is 6.32. The zero-order valence-electron chi connectivity index (χ0n) is 13.6. The van der Waals surface area contributed by atoms with Crippen LogP contribution < -0.4 is 0 Å². The number of carbonyl (C=O) groups is 1. The van der Waals surface area contributed by atoms with Crippen molar-refractivity contribution in [1.29, 1.82) is 0 Å². The van der Waals surface area contributed by atoms with Crippen LogP contribution >= 0.6 is 11.6 Å². The van der Waals surface area contributed by atoms with Gasteiger partial charge in [0.25, 0.3) is 0 Å². The molecule has 26 heavy (non-hydrogen) atoms. The Balaban J connectivity index is 2.00. The highest BCUT2D eigenvalue weighted by atomic mass is 35.5. The molecule has 0 unspecified atom stereocenters. The predicted molar refractivity (Wildman–Crippen MR) is 102 cm³/mol. The largest absolute Gasteiger partial charge is 0.505 e. The Labute approximate surface area is 154 Å². The highest BCUT2D eigenvalue weighted by Gasteiger charge is 2.21. The molecule has 4 aromatic rings. The average Bonchev–Trinajstić information content (AvgIpc) is 2.64. The first kappa shape index (κ1) is 16.4. The second-order valence-corrected chi connectivity index (χ2v) is 6.51. The summed E-state index contributed by atoms with van der Waals surface area (Å²) < 4.78 is 0. The number of rotatable bonds is 3. The molecular formula is C21H14ClNO3. The van der Waals surface area contributed by atoms with E-state index in [-0.39, 0.29) is 11.3 Å². The third-order valence-corrected chi connectivity index (χ3v) is 4.68. The predicted octanol–water partition coefficient (Wildman–Crippen LogP) is 5.04. The number of hydrogen-bond acceptors (Lipinski definition) is 3. The van der Waals surface area contributed by atoms with Gasteiger partial charge in [-0.15, -0.1) is 0 Å². The van der Waals surface area contributed by atoms with Crippen LogP contribution in [0.15, 0.2) is 60.7 Å². The van der Waals surface area contributed by atoms with Gasteiger partial charge in [-0.1, -0.05) is 60.1 Å². The highest BCUT2D eigenvalue weighted by molar-refractivity contribution is 6.30. The van der Waals surface area contributed by atoms with Gasteiger partial charge >= 0.3 is 5.97 Å². The number of carboxylic acids is 1. The summed E-state index contributed by atoms with van der Waals surface area (Å²) in [5.41, 5.74) is 1.66. The van der Waals surface area contributed by atoms with Gasteiger partial charge in [0.2, 0.25) is 0 Å². The lowest BCUT2D eigenvalue weighted by Gasteiger charge is -2.12. The van der Waals surface area contributed by atoms with E-state index in [9.17, 15) is 15.0 Å². The fraction of sp³-hybridized carbons (Fsp3) is 0.0476. The minimum absolute atomic E-state index is 0.121. The molecule has 4 rings (SSSR count). The zero-order valence-corrected chi connectivity index (χ0v) is 14.4. The van der Waals surface area contributed by atoms with Crippen LogP contribution in [0.4, 0.5) is 0 Å². The maximum absolute atomic E-state index is 11.8. The number of aromatic hydroxyl groups is 1. The third-order valence-electron chi connectivity index (χ3n) is 4.43. The summed E-state index contributed by atoms with van der Waals surface area (Å²) in [6, 6.07) is 18.3. The van der Waals surface area contributed by atoms with Gasteiger partial charge in [0.15, 0.2) is 5.75 Å². The molecule has 1 aromatic heterocycles. The van der Waals surface area contributed by atoms with Crippen LogP contribution in [0.1, 0.15) is 21.6 Å². The van der Waals surface area contributed by atoms with E-state index in [0.717, 1.165) is 16.3 Å². The Morgan fingerprint density at radius 3 is 2.42 bits per heavy atom. The molecule has 0 aliphatic carbocycles. The van der Waals surface area contributed by atoms with Gasteiger partial charge in [0, 0.05) is 22.2 Å². The molecule has 0 atom stereocenters. The van der Waals surface area contributed by atoms with Gasteiger partial charge in [0.05, 0.1) is 11.2 Å². The highest BCUT2D eigenvalue weighted by Crippen LogP contribution is 2.34. The van der Waals surface area contributed by atoms with E-state index in [0.29, 0.717) is 28.0 Å². The quantitative estimate of drug-likeness (QED) is 0.500. The van der Waals surface area contributed by atoms with Crippen molar-refractivity contribution < 1.29 is 15.0 Å². The Kier molecular flexibility index (Phi) is 3.98. The van der Waals surface area contributed by atoms with Crippen molar-refractivity contribution in [2.45, 2.75) is 6.42 Å². The summed E-state index contributed by atoms with van der Waals surface area (Å²) in [4.78, 5) is 16.4. The normalized spacial score (nSPS) is 11.1. The monoisotopic (exact) mass is 363 g/mol. The van der Waals surface area contributed by atoms with Crippen LogP contribution in [-0.4, -0.2) is 21.2 Å². The van der Waals surface area contributed by atoms with Crippen LogP contribution in [0.25, 0.3) is 21.7 Å². The minimum atomic E-state index is -1.18. The molecule has 3 aromatic carbocycles. The summed E-state index contributed by atoms with van der Waals surface area (Å²) in [6.07, 6.45) is 0.308. The number of halogens is 1. The van der Waals surface area contributed by atoms with Gasteiger partial charge in [-0.25, -0.2) is 9.78 Å². The Morgan fingerprint density at radius 1 is 0.962 bits per heavy atom. The number of aromatic carboxylic acids is 1. The number of carboxylic acid groups (broad SMARTS) is 1. The van der Waals surface area contributed by atoms with Gasteiger partial charge < -0.3 is 10.2 Å². The Morgan fingerprint density at radius 2 is 1.69 bits per heavy atom. The van der Waals surface area contributed by atoms with Crippen molar-refractivity contribution in [3.05, 3.63) is 82.5 Å². The summed E-state index contributed by atoms with van der Waals surface area (Å²) in [6.45, 7) is 0.